The van der Waals surface area contributed by atoms with Crippen LogP contribution in [0.15, 0.2) is 10.9 Å². The first-order chi connectivity index (χ1) is 10.4. The summed E-state index contributed by atoms with van der Waals surface area (Å²) in [6, 6.07) is 1.63. The Morgan fingerprint density at radius 1 is 1.23 bits per heavy atom. The van der Waals surface area contributed by atoms with Crippen molar-refractivity contribution in [1.82, 2.24) is 10.3 Å². The zero-order chi connectivity index (χ0) is 15.9. The molecule has 0 atom stereocenters. The summed E-state index contributed by atoms with van der Waals surface area (Å²) in [5, 5.41) is 2.90. The highest BCUT2D eigenvalue weighted by atomic mass is 16.2. The van der Waals surface area contributed by atoms with E-state index >= 15 is 0 Å². The van der Waals surface area contributed by atoms with Crippen LogP contribution in [0.5, 0.6) is 0 Å². The molecular weight excluding hydrogens is 280 g/mol. The van der Waals surface area contributed by atoms with E-state index in [9.17, 15) is 14.4 Å². The number of nitrogens with one attached hydrogen (secondary N) is 2. The van der Waals surface area contributed by atoms with Gasteiger partial charge in [-0.1, -0.05) is 26.7 Å². The molecule has 2 aliphatic carbocycles. The molecule has 1 fully saturated rings. The van der Waals surface area contributed by atoms with Gasteiger partial charge in [0.2, 0.25) is 0 Å². The lowest BCUT2D eigenvalue weighted by Crippen LogP contribution is -2.38. The van der Waals surface area contributed by atoms with Gasteiger partial charge in [-0.25, -0.2) is 0 Å². The summed E-state index contributed by atoms with van der Waals surface area (Å²) in [5.74, 6) is -0.369. The van der Waals surface area contributed by atoms with E-state index in [-0.39, 0.29) is 28.7 Å². The van der Waals surface area contributed by atoms with Gasteiger partial charge in [0.1, 0.15) is 5.56 Å². The number of H-pyrrole nitrogens is 1. The number of aromatic amines is 1. The molecule has 1 heterocycles. The number of fused-ring (bicyclic) bond motifs is 1. The van der Waals surface area contributed by atoms with Crippen LogP contribution in [0, 0.1) is 5.41 Å². The zero-order valence-corrected chi connectivity index (χ0v) is 13.1. The maximum atomic E-state index is 12.3. The van der Waals surface area contributed by atoms with E-state index in [0.717, 1.165) is 25.7 Å². The fraction of sp³-hybridized carbons (Fsp3) is 0.588. The fourth-order valence-corrected chi connectivity index (χ4v) is 3.53. The predicted molar refractivity (Wildman–Crippen MR) is 83.2 cm³/mol. The molecule has 1 saturated carbocycles. The van der Waals surface area contributed by atoms with Crippen LogP contribution in [0.2, 0.25) is 0 Å². The van der Waals surface area contributed by atoms with E-state index in [1.54, 1.807) is 0 Å². The number of amides is 1. The van der Waals surface area contributed by atoms with Crippen molar-refractivity contribution in [3.05, 3.63) is 33.2 Å². The molecule has 0 aromatic carbocycles. The van der Waals surface area contributed by atoms with Crippen molar-refractivity contribution >= 4 is 11.7 Å². The van der Waals surface area contributed by atoms with Crippen LogP contribution >= 0.6 is 0 Å². The largest absolute Gasteiger partial charge is 0.349 e. The van der Waals surface area contributed by atoms with Gasteiger partial charge in [0.15, 0.2) is 5.78 Å². The average Bonchev–Trinajstić information content (AvgIpc) is 2.89. The van der Waals surface area contributed by atoms with E-state index < -0.39 is 5.56 Å². The van der Waals surface area contributed by atoms with Gasteiger partial charge in [-0.3, -0.25) is 14.4 Å². The molecule has 0 saturated heterocycles. The first-order valence-corrected chi connectivity index (χ1v) is 7.96. The zero-order valence-electron chi connectivity index (χ0n) is 13.1. The lowest BCUT2D eigenvalue weighted by molar-refractivity contribution is 0.0910. The molecule has 0 spiro atoms. The first-order valence-electron chi connectivity index (χ1n) is 7.96. The van der Waals surface area contributed by atoms with Crippen LogP contribution in [-0.4, -0.2) is 22.7 Å². The Kier molecular flexibility index (Phi) is 3.67. The molecule has 1 amide bonds. The Hall–Kier alpha value is -1.91. The molecule has 2 N–H and O–H groups in total. The first kappa shape index (κ1) is 15.0. The number of carbonyl (C=O) groups is 2. The lowest BCUT2D eigenvalue weighted by Gasteiger charge is -2.29. The number of hydrogen-bond donors (Lipinski definition) is 2. The van der Waals surface area contributed by atoms with E-state index in [2.05, 4.69) is 10.3 Å². The van der Waals surface area contributed by atoms with Gasteiger partial charge in [0.25, 0.3) is 11.5 Å². The van der Waals surface area contributed by atoms with Crippen LogP contribution < -0.4 is 10.9 Å². The van der Waals surface area contributed by atoms with Crippen LogP contribution in [0.4, 0.5) is 0 Å². The quantitative estimate of drug-likeness (QED) is 0.879. The van der Waals surface area contributed by atoms with E-state index in [4.69, 9.17) is 0 Å². The van der Waals surface area contributed by atoms with Gasteiger partial charge in [0.05, 0.1) is 0 Å². The summed E-state index contributed by atoms with van der Waals surface area (Å²) in [6.07, 6.45) is 5.23. The highest BCUT2D eigenvalue weighted by molar-refractivity contribution is 6.02. The number of hydrogen-bond acceptors (Lipinski definition) is 3. The Morgan fingerprint density at radius 3 is 2.59 bits per heavy atom. The molecule has 0 aliphatic heterocycles. The fourth-order valence-electron chi connectivity index (χ4n) is 3.53. The monoisotopic (exact) mass is 302 g/mol. The van der Waals surface area contributed by atoms with Crippen molar-refractivity contribution in [2.45, 2.75) is 58.4 Å². The number of aromatic nitrogens is 1. The number of rotatable bonds is 2. The standard InChI is InChI=1S/C17H22N2O3/c1-17(2)8-13-11(14(20)9-17)7-12(16(22)19-13)15(21)18-10-5-3-4-6-10/h7,10H,3-6,8-9H2,1-2H3,(H,18,21)(H,19,22). The lowest BCUT2D eigenvalue weighted by atomic mass is 9.75. The average molecular weight is 302 g/mol. The van der Waals surface area contributed by atoms with E-state index in [1.165, 1.54) is 6.07 Å². The van der Waals surface area contributed by atoms with Gasteiger partial charge >= 0.3 is 0 Å². The summed E-state index contributed by atoms with van der Waals surface area (Å²) < 4.78 is 0. The minimum Gasteiger partial charge on any atom is -0.349 e. The van der Waals surface area contributed by atoms with Crippen LogP contribution in [-0.2, 0) is 6.42 Å². The van der Waals surface area contributed by atoms with Crippen LogP contribution in [0.1, 0.15) is 72.4 Å². The van der Waals surface area contributed by atoms with Crippen molar-refractivity contribution < 1.29 is 9.59 Å². The van der Waals surface area contributed by atoms with E-state index in [0.29, 0.717) is 24.1 Å². The Bertz CT molecular complexity index is 682. The van der Waals surface area contributed by atoms with Gasteiger partial charge in [0, 0.05) is 23.7 Å². The summed E-state index contributed by atoms with van der Waals surface area (Å²) in [4.78, 5) is 39.5. The summed E-state index contributed by atoms with van der Waals surface area (Å²) in [6.45, 7) is 4.01. The minimum absolute atomic E-state index is 0.00239. The Labute approximate surface area is 129 Å². The number of pyridine rings is 1. The summed E-state index contributed by atoms with van der Waals surface area (Å²) in [5.41, 5.74) is 0.651. The van der Waals surface area contributed by atoms with Gasteiger partial charge in [-0.15, -0.1) is 0 Å². The Balaban J connectivity index is 1.90. The molecule has 0 unspecified atom stereocenters. The molecular formula is C17H22N2O3. The summed E-state index contributed by atoms with van der Waals surface area (Å²) >= 11 is 0. The van der Waals surface area contributed by atoms with Gasteiger partial charge in [-0.2, -0.15) is 0 Å². The molecule has 3 rings (SSSR count). The van der Waals surface area contributed by atoms with Crippen LogP contribution in [0.25, 0.3) is 0 Å². The third-order valence-corrected chi connectivity index (χ3v) is 4.65. The predicted octanol–water partition coefficient (Wildman–Crippen LogP) is 2.20. The smallest absolute Gasteiger partial charge is 0.261 e. The van der Waals surface area contributed by atoms with Crippen molar-refractivity contribution in [2.24, 2.45) is 5.41 Å². The molecule has 5 nitrogen and oxygen atoms in total. The normalized spacial score (nSPS) is 20.7. The number of ketones is 1. The SMILES string of the molecule is CC1(C)CC(=O)c2cc(C(=O)NC3CCCC3)c(=O)[nH]c2C1. The minimum atomic E-state index is -0.403. The second kappa shape index (κ2) is 5.38. The molecule has 5 heteroatoms. The van der Waals surface area contributed by atoms with Crippen LogP contribution in [0.3, 0.4) is 0 Å². The van der Waals surface area contributed by atoms with Gasteiger partial charge < -0.3 is 10.3 Å². The van der Waals surface area contributed by atoms with E-state index in [1.807, 2.05) is 13.8 Å². The number of Topliss-reactive ketones (excluding diaryl/α,β-unsaturated/α-hetero) is 1. The Morgan fingerprint density at radius 2 is 1.91 bits per heavy atom. The second-order valence-electron chi connectivity index (χ2n) is 7.30. The third-order valence-electron chi connectivity index (χ3n) is 4.65. The highest BCUT2D eigenvalue weighted by Gasteiger charge is 2.33. The van der Waals surface area contributed by atoms with Crippen molar-refractivity contribution in [1.29, 1.82) is 0 Å². The topological polar surface area (TPSA) is 79.0 Å². The maximum Gasteiger partial charge on any atom is 0.261 e. The summed E-state index contributed by atoms with van der Waals surface area (Å²) in [7, 11) is 0. The van der Waals surface area contributed by atoms with Crippen molar-refractivity contribution in [3.63, 3.8) is 0 Å². The number of carbonyl (C=O) groups excluding carboxylic acids is 2. The maximum absolute atomic E-state index is 12.3. The molecule has 1 aromatic heterocycles. The molecule has 0 radical (unpaired) electrons. The second-order valence-corrected chi connectivity index (χ2v) is 7.30. The van der Waals surface area contributed by atoms with Gasteiger partial charge in [-0.05, 0) is 30.7 Å². The molecule has 118 valence electrons. The van der Waals surface area contributed by atoms with Crippen molar-refractivity contribution in [3.8, 4) is 0 Å². The third kappa shape index (κ3) is 2.85. The highest BCUT2D eigenvalue weighted by Crippen LogP contribution is 2.33. The molecule has 22 heavy (non-hydrogen) atoms. The molecule has 1 aromatic rings. The molecule has 0 bridgehead atoms. The molecule has 2 aliphatic rings. The van der Waals surface area contributed by atoms with Crippen molar-refractivity contribution in [2.75, 3.05) is 0 Å².